The van der Waals surface area contributed by atoms with Crippen molar-refractivity contribution < 1.29 is 4.79 Å². The molecule has 1 amide bonds. The lowest BCUT2D eigenvalue weighted by Gasteiger charge is -2.35. The quantitative estimate of drug-likeness (QED) is 0.869. The molecule has 1 atom stereocenters. The maximum Gasteiger partial charge on any atom is 0.224 e. The van der Waals surface area contributed by atoms with Crippen LogP contribution in [0.1, 0.15) is 25.8 Å². The molecule has 4 nitrogen and oxygen atoms in total. The van der Waals surface area contributed by atoms with Gasteiger partial charge in [-0.25, -0.2) is 0 Å². The van der Waals surface area contributed by atoms with Gasteiger partial charge in [0.2, 0.25) is 5.91 Å². The van der Waals surface area contributed by atoms with Crippen LogP contribution in [-0.2, 0) is 11.3 Å². The SMILES string of the molecule is CCNC(C)CC(=O)N1CCN(Cc2ccsc2)CC1. The molecular formula is C15H25N3OS. The van der Waals surface area contributed by atoms with Gasteiger partial charge in [-0.05, 0) is 35.9 Å². The largest absolute Gasteiger partial charge is 0.340 e. The van der Waals surface area contributed by atoms with E-state index in [4.69, 9.17) is 0 Å². The molecule has 0 bridgehead atoms. The average Bonchev–Trinajstić information content (AvgIpc) is 2.92. The van der Waals surface area contributed by atoms with Gasteiger partial charge in [0, 0.05) is 45.2 Å². The van der Waals surface area contributed by atoms with E-state index in [1.165, 1.54) is 5.56 Å². The van der Waals surface area contributed by atoms with E-state index >= 15 is 0 Å². The minimum absolute atomic E-state index is 0.274. The summed E-state index contributed by atoms with van der Waals surface area (Å²) >= 11 is 1.75. The van der Waals surface area contributed by atoms with E-state index < -0.39 is 0 Å². The number of thiophene rings is 1. The van der Waals surface area contributed by atoms with Crippen molar-refractivity contribution in [2.45, 2.75) is 32.9 Å². The Bertz CT molecular complexity index is 399. The summed E-state index contributed by atoms with van der Waals surface area (Å²) in [5, 5.41) is 7.62. The fraction of sp³-hybridized carbons (Fsp3) is 0.667. The van der Waals surface area contributed by atoms with E-state index in [0.29, 0.717) is 6.42 Å². The molecule has 1 saturated heterocycles. The van der Waals surface area contributed by atoms with Gasteiger partial charge < -0.3 is 10.2 Å². The number of hydrogen-bond donors (Lipinski definition) is 1. The summed E-state index contributed by atoms with van der Waals surface area (Å²) in [5.74, 6) is 0.286. The van der Waals surface area contributed by atoms with Gasteiger partial charge in [-0.3, -0.25) is 9.69 Å². The zero-order chi connectivity index (χ0) is 14.4. The second kappa shape index (κ2) is 7.76. The van der Waals surface area contributed by atoms with Crippen LogP contribution in [0.2, 0.25) is 0 Å². The van der Waals surface area contributed by atoms with Crippen LogP contribution in [0.25, 0.3) is 0 Å². The van der Waals surface area contributed by atoms with Crippen molar-refractivity contribution in [3.63, 3.8) is 0 Å². The highest BCUT2D eigenvalue weighted by molar-refractivity contribution is 7.07. The van der Waals surface area contributed by atoms with Gasteiger partial charge in [0.15, 0.2) is 0 Å². The Morgan fingerprint density at radius 2 is 2.15 bits per heavy atom. The summed E-state index contributed by atoms with van der Waals surface area (Å²) in [4.78, 5) is 16.6. The maximum absolute atomic E-state index is 12.2. The van der Waals surface area contributed by atoms with Crippen molar-refractivity contribution in [2.75, 3.05) is 32.7 Å². The van der Waals surface area contributed by atoms with Crippen LogP contribution in [0.15, 0.2) is 16.8 Å². The van der Waals surface area contributed by atoms with Crippen molar-refractivity contribution in [3.05, 3.63) is 22.4 Å². The normalized spacial score (nSPS) is 18.2. The highest BCUT2D eigenvalue weighted by Crippen LogP contribution is 2.12. The molecule has 0 aliphatic carbocycles. The Morgan fingerprint density at radius 3 is 2.75 bits per heavy atom. The lowest BCUT2D eigenvalue weighted by molar-refractivity contribution is -0.133. The van der Waals surface area contributed by atoms with E-state index in [0.717, 1.165) is 39.3 Å². The third kappa shape index (κ3) is 4.58. The van der Waals surface area contributed by atoms with Gasteiger partial charge in [0.1, 0.15) is 0 Å². The predicted molar refractivity (Wildman–Crippen MR) is 83.9 cm³/mol. The van der Waals surface area contributed by atoms with E-state index in [1.54, 1.807) is 11.3 Å². The first kappa shape index (κ1) is 15.5. The second-order valence-electron chi connectivity index (χ2n) is 5.45. The van der Waals surface area contributed by atoms with Gasteiger partial charge >= 0.3 is 0 Å². The minimum atomic E-state index is 0.274. The molecule has 1 N–H and O–H groups in total. The molecule has 5 heteroatoms. The summed E-state index contributed by atoms with van der Waals surface area (Å²) in [5.41, 5.74) is 1.38. The first-order valence-electron chi connectivity index (χ1n) is 7.43. The molecule has 20 heavy (non-hydrogen) atoms. The lowest BCUT2D eigenvalue weighted by Crippen LogP contribution is -2.49. The zero-order valence-corrected chi connectivity index (χ0v) is 13.3. The monoisotopic (exact) mass is 295 g/mol. The molecule has 2 heterocycles. The summed E-state index contributed by atoms with van der Waals surface area (Å²) in [6, 6.07) is 2.46. The molecule has 1 aromatic rings. The van der Waals surface area contributed by atoms with E-state index in [9.17, 15) is 4.79 Å². The Kier molecular flexibility index (Phi) is 6.01. The van der Waals surface area contributed by atoms with Gasteiger partial charge in [0.25, 0.3) is 0 Å². The molecule has 0 spiro atoms. The van der Waals surface area contributed by atoms with Crippen LogP contribution >= 0.6 is 11.3 Å². The molecule has 1 unspecified atom stereocenters. The zero-order valence-electron chi connectivity index (χ0n) is 12.5. The Labute approximate surface area is 125 Å². The summed E-state index contributed by atoms with van der Waals surface area (Å²) in [6.45, 7) is 9.78. The molecule has 0 aromatic carbocycles. The standard InChI is InChI=1S/C15H25N3OS/c1-3-16-13(2)10-15(19)18-7-5-17(6-8-18)11-14-4-9-20-12-14/h4,9,12-13,16H,3,5-8,10-11H2,1-2H3. The molecule has 1 aromatic heterocycles. The van der Waals surface area contributed by atoms with E-state index in [-0.39, 0.29) is 11.9 Å². The van der Waals surface area contributed by atoms with Crippen molar-refractivity contribution in [2.24, 2.45) is 0 Å². The van der Waals surface area contributed by atoms with Crippen LogP contribution in [0, 0.1) is 0 Å². The predicted octanol–water partition coefficient (Wildman–Crippen LogP) is 1.78. The van der Waals surface area contributed by atoms with Crippen molar-refractivity contribution in [3.8, 4) is 0 Å². The molecule has 1 aliphatic rings. The summed E-state index contributed by atoms with van der Waals surface area (Å²) < 4.78 is 0. The summed E-state index contributed by atoms with van der Waals surface area (Å²) in [6.07, 6.45) is 0.609. The third-order valence-corrected chi connectivity index (χ3v) is 4.48. The Morgan fingerprint density at radius 1 is 1.40 bits per heavy atom. The van der Waals surface area contributed by atoms with Crippen molar-refractivity contribution in [1.82, 2.24) is 15.1 Å². The van der Waals surface area contributed by atoms with Crippen molar-refractivity contribution >= 4 is 17.2 Å². The number of hydrogen-bond acceptors (Lipinski definition) is 4. The van der Waals surface area contributed by atoms with Crippen LogP contribution in [-0.4, -0.2) is 54.5 Å². The molecular weight excluding hydrogens is 270 g/mol. The fourth-order valence-corrected chi connectivity index (χ4v) is 3.27. The molecule has 112 valence electrons. The number of nitrogens with one attached hydrogen (secondary N) is 1. The Balaban J connectivity index is 1.72. The van der Waals surface area contributed by atoms with Gasteiger partial charge in [-0.2, -0.15) is 11.3 Å². The fourth-order valence-electron chi connectivity index (χ4n) is 2.61. The highest BCUT2D eigenvalue weighted by atomic mass is 32.1. The van der Waals surface area contributed by atoms with Crippen LogP contribution in [0.3, 0.4) is 0 Å². The van der Waals surface area contributed by atoms with Gasteiger partial charge in [0.05, 0.1) is 0 Å². The Hall–Kier alpha value is -0.910. The first-order chi connectivity index (χ1) is 9.69. The van der Waals surface area contributed by atoms with E-state index in [2.05, 4.69) is 40.9 Å². The van der Waals surface area contributed by atoms with Gasteiger partial charge in [-0.1, -0.05) is 6.92 Å². The molecule has 2 rings (SSSR count). The average molecular weight is 295 g/mol. The smallest absolute Gasteiger partial charge is 0.224 e. The third-order valence-electron chi connectivity index (χ3n) is 3.74. The highest BCUT2D eigenvalue weighted by Gasteiger charge is 2.22. The van der Waals surface area contributed by atoms with Crippen LogP contribution in [0.4, 0.5) is 0 Å². The van der Waals surface area contributed by atoms with Crippen LogP contribution in [0.5, 0.6) is 0 Å². The molecule has 0 radical (unpaired) electrons. The second-order valence-corrected chi connectivity index (χ2v) is 6.23. The summed E-state index contributed by atoms with van der Waals surface area (Å²) in [7, 11) is 0. The van der Waals surface area contributed by atoms with E-state index in [1.807, 2.05) is 4.90 Å². The van der Waals surface area contributed by atoms with Crippen LogP contribution < -0.4 is 5.32 Å². The number of rotatable bonds is 6. The minimum Gasteiger partial charge on any atom is -0.340 e. The van der Waals surface area contributed by atoms with Gasteiger partial charge in [-0.15, -0.1) is 0 Å². The molecule has 0 saturated carbocycles. The molecule has 1 aliphatic heterocycles. The lowest BCUT2D eigenvalue weighted by atomic mass is 10.2. The number of nitrogens with zero attached hydrogens (tertiary/aromatic N) is 2. The topological polar surface area (TPSA) is 35.6 Å². The number of piperazine rings is 1. The number of carbonyl (C=O) groups is 1. The number of carbonyl (C=O) groups excluding carboxylic acids is 1. The first-order valence-corrected chi connectivity index (χ1v) is 8.38. The molecule has 1 fully saturated rings. The number of amides is 1. The maximum atomic E-state index is 12.2. The van der Waals surface area contributed by atoms with Crippen molar-refractivity contribution in [1.29, 1.82) is 0 Å².